The summed E-state index contributed by atoms with van der Waals surface area (Å²) in [7, 11) is 1.52. The van der Waals surface area contributed by atoms with Crippen LogP contribution in [0.3, 0.4) is 0 Å². The van der Waals surface area contributed by atoms with Gasteiger partial charge in [-0.25, -0.2) is 0 Å². The number of carbonyl (C=O) groups excluding carboxylic acids is 1. The second kappa shape index (κ2) is 5.12. The Balaban J connectivity index is 2.38. The second-order valence-electron chi connectivity index (χ2n) is 3.69. The molecule has 1 heterocycles. The van der Waals surface area contributed by atoms with Crippen LogP contribution in [0, 0.1) is 0 Å². The molecule has 92 valence electrons. The van der Waals surface area contributed by atoms with Gasteiger partial charge in [0.1, 0.15) is 11.8 Å². The lowest BCUT2D eigenvalue weighted by Crippen LogP contribution is -2.47. The van der Waals surface area contributed by atoms with Crippen LogP contribution in [0.25, 0.3) is 0 Å². The quantitative estimate of drug-likeness (QED) is 0.864. The molecule has 1 aromatic rings. The zero-order chi connectivity index (χ0) is 12.4. The minimum atomic E-state index is -0.459. The molecular formula is C11H12Cl2N2O2. The molecule has 1 aliphatic rings. The van der Waals surface area contributed by atoms with Gasteiger partial charge in [0.05, 0.1) is 12.1 Å². The van der Waals surface area contributed by atoms with Crippen molar-refractivity contribution in [3.05, 3.63) is 27.7 Å². The highest BCUT2D eigenvalue weighted by molar-refractivity contribution is 6.35. The summed E-state index contributed by atoms with van der Waals surface area (Å²) in [6.07, 6.45) is 0. The van der Waals surface area contributed by atoms with Crippen LogP contribution in [0.5, 0.6) is 5.75 Å². The average molecular weight is 275 g/mol. The molecule has 2 N–H and O–H groups in total. The van der Waals surface area contributed by atoms with E-state index in [1.165, 1.54) is 7.11 Å². The number of hydrogen-bond donors (Lipinski definition) is 2. The molecule has 0 radical (unpaired) electrons. The Morgan fingerprint density at radius 1 is 1.29 bits per heavy atom. The van der Waals surface area contributed by atoms with Gasteiger partial charge < -0.3 is 15.4 Å². The lowest BCUT2D eigenvalue weighted by molar-refractivity contribution is -0.124. The van der Waals surface area contributed by atoms with E-state index in [-0.39, 0.29) is 5.91 Å². The highest BCUT2D eigenvalue weighted by Crippen LogP contribution is 2.34. The Morgan fingerprint density at radius 3 is 2.71 bits per heavy atom. The number of nitrogens with one attached hydrogen (secondary N) is 2. The zero-order valence-electron chi connectivity index (χ0n) is 9.22. The van der Waals surface area contributed by atoms with Gasteiger partial charge in [0.25, 0.3) is 0 Å². The van der Waals surface area contributed by atoms with E-state index in [4.69, 9.17) is 27.9 Å². The van der Waals surface area contributed by atoms with E-state index >= 15 is 0 Å². The maximum absolute atomic E-state index is 11.7. The van der Waals surface area contributed by atoms with Crippen molar-refractivity contribution in [2.75, 3.05) is 20.2 Å². The van der Waals surface area contributed by atoms with E-state index in [2.05, 4.69) is 10.6 Å². The summed E-state index contributed by atoms with van der Waals surface area (Å²) in [5, 5.41) is 6.76. The number of amides is 1. The monoisotopic (exact) mass is 274 g/mol. The number of rotatable bonds is 2. The summed E-state index contributed by atoms with van der Waals surface area (Å²) < 4.78 is 5.06. The van der Waals surface area contributed by atoms with Gasteiger partial charge in [-0.3, -0.25) is 4.79 Å². The second-order valence-corrected chi connectivity index (χ2v) is 4.50. The lowest BCUT2D eigenvalue weighted by Gasteiger charge is -2.25. The Labute approximate surface area is 109 Å². The number of piperazine rings is 1. The molecule has 2 rings (SSSR count). The molecule has 0 aromatic heterocycles. The first kappa shape index (κ1) is 12.5. The Hall–Kier alpha value is -0.970. The van der Waals surface area contributed by atoms with Crippen LogP contribution >= 0.6 is 23.2 Å². The Bertz CT molecular complexity index is 451. The molecule has 0 spiro atoms. The van der Waals surface area contributed by atoms with E-state index in [0.717, 1.165) is 0 Å². The van der Waals surface area contributed by atoms with Crippen molar-refractivity contribution in [1.82, 2.24) is 10.6 Å². The Kier molecular flexibility index (Phi) is 3.76. The van der Waals surface area contributed by atoms with Crippen LogP contribution < -0.4 is 15.4 Å². The van der Waals surface area contributed by atoms with Crippen LogP contribution in [0.2, 0.25) is 10.0 Å². The van der Waals surface area contributed by atoms with E-state index in [1.807, 2.05) is 0 Å². The molecule has 1 aromatic carbocycles. The van der Waals surface area contributed by atoms with Crippen LogP contribution in [-0.4, -0.2) is 26.1 Å². The normalized spacial score (nSPS) is 19.9. The fourth-order valence-electron chi connectivity index (χ4n) is 1.77. The van der Waals surface area contributed by atoms with Crippen molar-refractivity contribution < 1.29 is 9.53 Å². The lowest BCUT2D eigenvalue weighted by atomic mass is 10.0. The summed E-state index contributed by atoms with van der Waals surface area (Å²) in [5.41, 5.74) is 0.662. The number of halogens is 2. The SMILES string of the molecule is COc1cc(Cl)c(C2NCCNC2=O)cc1Cl. The van der Waals surface area contributed by atoms with Crippen molar-refractivity contribution in [3.8, 4) is 5.75 Å². The molecule has 17 heavy (non-hydrogen) atoms. The smallest absolute Gasteiger partial charge is 0.241 e. The van der Waals surface area contributed by atoms with Gasteiger partial charge in [-0.1, -0.05) is 23.2 Å². The van der Waals surface area contributed by atoms with Crippen LogP contribution in [0.1, 0.15) is 11.6 Å². The number of benzene rings is 1. The molecule has 1 atom stereocenters. The van der Waals surface area contributed by atoms with Gasteiger partial charge in [0.15, 0.2) is 0 Å². The summed E-state index contributed by atoms with van der Waals surface area (Å²) >= 11 is 12.1. The molecule has 1 unspecified atom stereocenters. The topological polar surface area (TPSA) is 50.4 Å². The zero-order valence-corrected chi connectivity index (χ0v) is 10.7. The maximum atomic E-state index is 11.7. The van der Waals surface area contributed by atoms with Crippen molar-refractivity contribution in [2.24, 2.45) is 0 Å². The van der Waals surface area contributed by atoms with E-state index in [9.17, 15) is 4.79 Å². The van der Waals surface area contributed by atoms with Gasteiger partial charge >= 0.3 is 0 Å². The average Bonchev–Trinajstić information content (AvgIpc) is 2.32. The minimum absolute atomic E-state index is 0.0978. The van der Waals surface area contributed by atoms with Gasteiger partial charge in [-0.2, -0.15) is 0 Å². The number of ether oxygens (including phenoxy) is 1. The predicted molar refractivity (Wildman–Crippen MR) is 66.8 cm³/mol. The van der Waals surface area contributed by atoms with Gasteiger partial charge in [0.2, 0.25) is 5.91 Å². The highest BCUT2D eigenvalue weighted by Gasteiger charge is 2.26. The molecule has 1 fully saturated rings. The third-order valence-corrected chi connectivity index (χ3v) is 3.24. The van der Waals surface area contributed by atoms with Crippen LogP contribution in [0.15, 0.2) is 12.1 Å². The largest absolute Gasteiger partial charge is 0.495 e. The van der Waals surface area contributed by atoms with Gasteiger partial charge in [0, 0.05) is 24.2 Å². The number of carbonyl (C=O) groups is 1. The standard InChI is InChI=1S/C11H12Cl2N2O2/c1-17-9-5-7(12)6(4-8(9)13)10-11(16)15-3-2-14-10/h4-5,10,14H,2-3H2,1H3,(H,15,16). The molecule has 1 saturated heterocycles. The van der Waals surface area contributed by atoms with Crippen LogP contribution in [0.4, 0.5) is 0 Å². The van der Waals surface area contributed by atoms with E-state index in [0.29, 0.717) is 34.4 Å². The van der Waals surface area contributed by atoms with Gasteiger partial charge in [-0.15, -0.1) is 0 Å². The highest BCUT2D eigenvalue weighted by atomic mass is 35.5. The first-order chi connectivity index (χ1) is 8.13. The first-order valence-electron chi connectivity index (χ1n) is 5.17. The molecule has 6 heteroatoms. The molecule has 1 amide bonds. The molecule has 0 aliphatic carbocycles. The fourth-order valence-corrected chi connectivity index (χ4v) is 2.28. The minimum Gasteiger partial charge on any atom is -0.495 e. The van der Waals surface area contributed by atoms with E-state index < -0.39 is 6.04 Å². The maximum Gasteiger partial charge on any atom is 0.241 e. The summed E-state index contributed by atoms with van der Waals surface area (Å²) in [4.78, 5) is 11.7. The molecular weight excluding hydrogens is 263 g/mol. The van der Waals surface area contributed by atoms with Crippen LogP contribution in [-0.2, 0) is 4.79 Å². The third-order valence-electron chi connectivity index (χ3n) is 2.62. The van der Waals surface area contributed by atoms with Gasteiger partial charge in [-0.05, 0) is 11.6 Å². The third kappa shape index (κ3) is 2.49. The first-order valence-corrected chi connectivity index (χ1v) is 5.93. The fraction of sp³-hybridized carbons (Fsp3) is 0.364. The Morgan fingerprint density at radius 2 is 2.06 bits per heavy atom. The summed E-state index contributed by atoms with van der Waals surface area (Å²) in [6.45, 7) is 1.33. The summed E-state index contributed by atoms with van der Waals surface area (Å²) in [5.74, 6) is 0.399. The predicted octanol–water partition coefficient (Wildman–Crippen LogP) is 1.76. The molecule has 0 bridgehead atoms. The molecule has 1 aliphatic heterocycles. The number of methoxy groups -OCH3 is 1. The summed E-state index contributed by atoms with van der Waals surface area (Å²) in [6, 6.07) is 2.81. The van der Waals surface area contributed by atoms with E-state index in [1.54, 1.807) is 12.1 Å². The van der Waals surface area contributed by atoms with Crippen molar-refractivity contribution in [3.63, 3.8) is 0 Å². The van der Waals surface area contributed by atoms with Crippen molar-refractivity contribution >= 4 is 29.1 Å². The number of hydrogen-bond acceptors (Lipinski definition) is 3. The van der Waals surface area contributed by atoms with Crippen molar-refractivity contribution in [1.29, 1.82) is 0 Å². The molecule has 0 saturated carbocycles. The van der Waals surface area contributed by atoms with Crippen molar-refractivity contribution in [2.45, 2.75) is 6.04 Å². The molecule has 4 nitrogen and oxygen atoms in total.